The molecule has 0 aliphatic carbocycles. The highest BCUT2D eigenvalue weighted by atomic mass is 32.2. The van der Waals surface area contributed by atoms with Gasteiger partial charge in [-0.25, -0.2) is 0 Å². The van der Waals surface area contributed by atoms with Gasteiger partial charge in [-0.15, -0.1) is 0 Å². The highest BCUT2D eigenvalue weighted by molar-refractivity contribution is 7.99. The Hall–Kier alpha value is -0.845. The Labute approximate surface area is 118 Å². The van der Waals surface area contributed by atoms with Gasteiger partial charge in [0, 0.05) is 0 Å². The summed E-state index contributed by atoms with van der Waals surface area (Å²) < 4.78 is 11.0. The zero-order valence-electron chi connectivity index (χ0n) is 11.3. The molecule has 19 heavy (non-hydrogen) atoms. The Morgan fingerprint density at radius 3 is 2.26 bits per heavy atom. The van der Waals surface area contributed by atoms with Crippen LogP contribution in [0, 0.1) is 13.8 Å². The molecule has 0 saturated carbocycles. The normalized spacial score (nSPS) is 16.2. The molecule has 0 spiro atoms. The molecule has 1 aliphatic heterocycles. The molecule has 0 atom stereocenters. The predicted octanol–water partition coefficient (Wildman–Crippen LogP) is 1.93. The number of aryl methyl sites for hydroxylation is 2. The third-order valence-electron chi connectivity index (χ3n) is 3.13. The Morgan fingerprint density at radius 1 is 1.16 bits per heavy atom. The standard InChI is InChI=1S/C13H19BO4S/c1-9-7-12(17-11-3-5-19-6-4-11)8-10(2)13(9)18-14(15)16/h7-8,11,15-16H,3-6H2,1-2H3. The number of thioether (sulfide) groups is 1. The van der Waals surface area contributed by atoms with E-state index in [0.717, 1.165) is 41.2 Å². The van der Waals surface area contributed by atoms with E-state index in [4.69, 9.17) is 19.4 Å². The van der Waals surface area contributed by atoms with Crippen molar-refractivity contribution in [3.05, 3.63) is 23.3 Å². The molecule has 0 unspecified atom stereocenters. The van der Waals surface area contributed by atoms with Crippen LogP contribution in [0.5, 0.6) is 11.5 Å². The molecule has 1 fully saturated rings. The molecule has 0 radical (unpaired) electrons. The van der Waals surface area contributed by atoms with Crippen molar-refractivity contribution in [2.45, 2.75) is 32.8 Å². The Balaban J connectivity index is 2.10. The first-order valence-corrected chi connectivity index (χ1v) is 7.60. The summed E-state index contributed by atoms with van der Waals surface area (Å²) in [7, 11) is -1.79. The van der Waals surface area contributed by atoms with Gasteiger partial charge in [0.05, 0.1) is 0 Å². The number of ether oxygens (including phenoxy) is 1. The molecule has 0 aromatic heterocycles. The van der Waals surface area contributed by atoms with Crippen molar-refractivity contribution >= 4 is 19.1 Å². The second-order valence-electron chi connectivity index (χ2n) is 4.76. The average Bonchev–Trinajstić information content (AvgIpc) is 2.35. The summed E-state index contributed by atoms with van der Waals surface area (Å²) in [6.45, 7) is 3.74. The first-order valence-electron chi connectivity index (χ1n) is 6.44. The summed E-state index contributed by atoms with van der Waals surface area (Å²) in [5.74, 6) is 3.63. The SMILES string of the molecule is Cc1cc(OC2CCSCC2)cc(C)c1OB(O)O. The van der Waals surface area contributed by atoms with Crippen LogP contribution < -0.4 is 9.39 Å². The molecule has 1 heterocycles. The van der Waals surface area contributed by atoms with E-state index in [1.54, 1.807) is 0 Å². The minimum absolute atomic E-state index is 0.287. The van der Waals surface area contributed by atoms with Crippen molar-refractivity contribution in [3.63, 3.8) is 0 Å². The molecule has 1 saturated heterocycles. The maximum atomic E-state index is 8.88. The summed E-state index contributed by atoms with van der Waals surface area (Å²) >= 11 is 1.97. The van der Waals surface area contributed by atoms with E-state index in [0.29, 0.717) is 5.75 Å². The Kier molecular flexibility index (Phi) is 5.02. The third kappa shape index (κ3) is 4.06. The van der Waals surface area contributed by atoms with E-state index in [1.807, 2.05) is 37.7 Å². The molecule has 0 bridgehead atoms. The van der Waals surface area contributed by atoms with Gasteiger partial charge >= 0.3 is 7.32 Å². The fourth-order valence-corrected chi connectivity index (χ4v) is 3.32. The van der Waals surface area contributed by atoms with Crippen LogP contribution in [0.2, 0.25) is 0 Å². The monoisotopic (exact) mass is 282 g/mol. The smallest absolute Gasteiger partial charge is 0.512 e. The minimum Gasteiger partial charge on any atom is -0.512 e. The third-order valence-corrected chi connectivity index (χ3v) is 4.18. The largest absolute Gasteiger partial charge is 0.707 e. The molecule has 1 aromatic carbocycles. The fraction of sp³-hybridized carbons (Fsp3) is 0.538. The lowest BCUT2D eigenvalue weighted by Gasteiger charge is -2.23. The molecule has 104 valence electrons. The first kappa shape index (κ1) is 14.6. The van der Waals surface area contributed by atoms with Crippen LogP contribution in [0.25, 0.3) is 0 Å². The highest BCUT2D eigenvalue weighted by Gasteiger charge is 2.18. The molecule has 1 aliphatic rings. The van der Waals surface area contributed by atoms with Crippen molar-refractivity contribution in [2.24, 2.45) is 0 Å². The van der Waals surface area contributed by atoms with Crippen LogP contribution in [0.3, 0.4) is 0 Å². The van der Waals surface area contributed by atoms with Gasteiger partial charge in [-0.1, -0.05) is 0 Å². The van der Waals surface area contributed by atoms with Gasteiger partial charge in [0.1, 0.15) is 17.6 Å². The molecule has 4 nitrogen and oxygen atoms in total. The van der Waals surface area contributed by atoms with Crippen LogP contribution in [0.15, 0.2) is 12.1 Å². The lowest BCUT2D eigenvalue weighted by Crippen LogP contribution is -2.23. The van der Waals surface area contributed by atoms with Gasteiger partial charge < -0.3 is 19.4 Å². The van der Waals surface area contributed by atoms with Crippen LogP contribution in [-0.2, 0) is 0 Å². The molecular weight excluding hydrogens is 263 g/mol. The van der Waals surface area contributed by atoms with Crippen molar-refractivity contribution in [1.29, 1.82) is 0 Å². The van der Waals surface area contributed by atoms with E-state index in [9.17, 15) is 0 Å². The number of rotatable bonds is 4. The second kappa shape index (κ2) is 6.54. The van der Waals surface area contributed by atoms with Crippen LogP contribution in [0.1, 0.15) is 24.0 Å². The first-order chi connectivity index (χ1) is 9.06. The van der Waals surface area contributed by atoms with Crippen molar-refractivity contribution in [2.75, 3.05) is 11.5 Å². The van der Waals surface area contributed by atoms with Crippen molar-refractivity contribution < 1.29 is 19.4 Å². The number of benzene rings is 1. The molecular formula is C13H19BO4S. The topological polar surface area (TPSA) is 58.9 Å². The maximum absolute atomic E-state index is 8.88. The fourth-order valence-electron chi connectivity index (χ4n) is 2.26. The van der Waals surface area contributed by atoms with Gasteiger partial charge in [0.2, 0.25) is 0 Å². The predicted molar refractivity (Wildman–Crippen MR) is 77.7 cm³/mol. The Bertz CT molecular complexity index is 410. The minimum atomic E-state index is -1.79. The van der Waals surface area contributed by atoms with E-state index < -0.39 is 7.32 Å². The number of hydrogen-bond donors (Lipinski definition) is 2. The van der Waals surface area contributed by atoms with Gasteiger partial charge in [0.25, 0.3) is 0 Å². The summed E-state index contributed by atoms with van der Waals surface area (Å²) in [6, 6.07) is 3.76. The van der Waals surface area contributed by atoms with Gasteiger partial charge in [-0.05, 0) is 61.5 Å². The van der Waals surface area contributed by atoms with Gasteiger partial charge in [0.15, 0.2) is 0 Å². The highest BCUT2D eigenvalue weighted by Crippen LogP contribution is 2.30. The Morgan fingerprint density at radius 2 is 1.74 bits per heavy atom. The van der Waals surface area contributed by atoms with Crippen LogP contribution >= 0.6 is 11.8 Å². The van der Waals surface area contributed by atoms with Crippen LogP contribution in [-0.4, -0.2) is 35.0 Å². The second-order valence-corrected chi connectivity index (χ2v) is 5.98. The van der Waals surface area contributed by atoms with Crippen LogP contribution in [0.4, 0.5) is 0 Å². The maximum Gasteiger partial charge on any atom is 0.707 e. The molecule has 2 N–H and O–H groups in total. The molecule has 2 rings (SSSR count). The summed E-state index contributed by atoms with van der Waals surface area (Å²) in [4.78, 5) is 0. The van der Waals surface area contributed by atoms with Gasteiger partial charge in [-0.2, -0.15) is 11.8 Å². The van der Waals surface area contributed by atoms with E-state index in [2.05, 4.69) is 0 Å². The summed E-state index contributed by atoms with van der Waals surface area (Å²) in [5, 5.41) is 17.8. The van der Waals surface area contributed by atoms with Gasteiger partial charge in [-0.3, -0.25) is 0 Å². The lowest BCUT2D eigenvalue weighted by molar-refractivity contribution is 0.192. The zero-order chi connectivity index (χ0) is 13.8. The molecule has 1 aromatic rings. The molecule has 0 amide bonds. The van der Waals surface area contributed by atoms with E-state index >= 15 is 0 Å². The molecule has 6 heteroatoms. The zero-order valence-corrected chi connectivity index (χ0v) is 12.1. The number of hydrogen-bond acceptors (Lipinski definition) is 5. The van der Waals surface area contributed by atoms with E-state index in [1.165, 1.54) is 0 Å². The van der Waals surface area contributed by atoms with E-state index in [-0.39, 0.29) is 6.10 Å². The summed E-state index contributed by atoms with van der Waals surface area (Å²) in [6.07, 6.45) is 2.45. The van der Waals surface area contributed by atoms with Crippen molar-refractivity contribution in [1.82, 2.24) is 0 Å². The lowest BCUT2D eigenvalue weighted by atomic mass is 10.1. The summed E-state index contributed by atoms with van der Waals surface area (Å²) in [5.41, 5.74) is 1.68. The van der Waals surface area contributed by atoms with Crippen molar-refractivity contribution in [3.8, 4) is 11.5 Å². The average molecular weight is 282 g/mol. The quantitative estimate of drug-likeness (QED) is 0.826.